The largest absolute Gasteiger partial charge is 0.331 e. The van der Waals surface area contributed by atoms with E-state index in [9.17, 15) is 13.2 Å². The second kappa shape index (κ2) is 6.51. The molecular weight excluding hydrogens is 312 g/mol. The van der Waals surface area contributed by atoms with E-state index in [2.05, 4.69) is 4.72 Å². The van der Waals surface area contributed by atoms with Gasteiger partial charge in [0.05, 0.1) is 11.3 Å². The number of hydrogen-bond acceptors (Lipinski definition) is 3. The van der Waals surface area contributed by atoms with Gasteiger partial charge in [-0.1, -0.05) is 49.9 Å². The van der Waals surface area contributed by atoms with Gasteiger partial charge < -0.3 is 4.90 Å². The SMILES string of the molecule is CC1c2ccccc2CN1C(=O)NS(=O)(=O)C1CCCCCC1. The smallest absolute Gasteiger partial charge is 0.313 e. The van der Waals surface area contributed by atoms with Crippen LogP contribution in [-0.2, 0) is 16.6 Å². The second-order valence-corrected chi connectivity index (χ2v) is 8.53. The Labute approximate surface area is 138 Å². The molecule has 0 spiro atoms. The molecule has 2 amide bonds. The molecule has 1 fully saturated rings. The number of nitrogens with one attached hydrogen (secondary N) is 1. The van der Waals surface area contributed by atoms with Gasteiger partial charge in [-0.15, -0.1) is 0 Å². The van der Waals surface area contributed by atoms with E-state index in [1.165, 1.54) is 0 Å². The lowest BCUT2D eigenvalue weighted by Gasteiger charge is -2.24. The first-order valence-electron chi connectivity index (χ1n) is 8.39. The first-order chi connectivity index (χ1) is 11.0. The number of hydrogen-bond donors (Lipinski definition) is 1. The first kappa shape index (κ1) is 16.3. The zero-order chi connectivity index (χ0) is 16.4. The number of urea groups is 1. The van der Waals surface area contributed by atoms with Gasteiger partial charge in [-0.3, -0.25) is 0 Å². The van der Waals surface area contributed by atoms with Crippen molar-refractivity contribution >= 4 is 16.1 Å². The van der Waals surface area contributed by atoms with Crippen molar-refractivity contribution in [1.29, 1.82) is 0 Å². The molecule has 2 aliphatic rings. The zero-order valence-corrected chi connectivity index (χ0v) is 14.3. The van der Waals surface area contributed by atoms with Gasteiger partial charge in [0.15, 0.2) is 0 Å². The lowest BCUT2D eigenvalue weighted by atomic mass is 10.1. The van der Waals surface area contributed by atoms with E-state index in [0.29, 0.717) is 19.4 Å². The highest BCUT2D eigenvalue weighted by atomic mass is 32.2. The molecule has 1 aliphatic heterocycles. The predicted octanol–water partition coefficient (Wildman–Crippen LogP) is 3.33. The molecule has 1 aromatic carbocycles. The number of fused-ring (bicyclic) bond motifs is 1. The summed E-state index contributed by atoms with van der Waals surface area (Å²) in [6.45, 7) is 2.40. The summed E-state index contributed by atoms with van der Waals surface area (Å²) in [5.74, 6) is 0. The van der Waals surface area contributed by atoms with E-state index in [-0.39, 0.29) is 6.04 Å². The minimum atomic E-state index is -3.60. The van der Waals surface area contributed by atoms with Gasteiger partial charge in [-0.25, -0.2) is 17.9 Å². The Bertz CT molecular complexity index is 679. The van der Waals surface area contributed by atoms with Crippen molar-refractivity contribution in [2.24, 2.45) is 0 Å². The normalized spacial score (nSPS) is 22.5. The summed E-state index contributed by atoms with van der Waals surface area (Å²) in [7, 11) is -3.60. The van der Waals surface area contributed by atoms with Crippen molar-refractivity contribution in [1.82, 2.24) is 9.62 Å². The molecule has 0 aromatic heterocycles. The van der Waals surface area contributed by atoms with Crippen LogP contribution in [-0.4, -0.2) is 24.6 Å². The lowest BCUT2D eigenvalue weighted by Crippen LogP contribution is -2.45. The van der Waals surface area contributed by atoms with Gasteiger partial charge in [0.25, 0.3) is 0 Å². The molecular formula is C17H24N2O3S. The first-order valence-corrected chi connectivity index (χ1v) is 9.94. The Balaban J connectivity index is 1.70. The van der Waals surface area contributed by atoms with E-state index in [0.717, 1.165) is 36.8 Å². The molecule has 23 heavy (non-hydrogen) atoms. The Kier molecular flexibility index (Phi) is 4.62. The van der Waals surface area contributed by atoms with Crippen LogP contribution in [0.25, 0.3) is 0 Å². The van der Waals surface area contributed by atoms with Crippen LogP contribution in [0.5, 0.6) is 0 Å². The van der Waals surface area contributed by atoms with Gasteiger partial charge >= 0.3 is 6.03 Å². The maximum Gasteiger partial charge on any atom is 0.331 e. The number of benzene rings is 1. The predicted molar refractivity (Wildman–Crippen MR) is 89.3 cm³/mol. The Morgan fingerprint density at radius 2 is 1.78 bits per heavy atom. The fourth-order valence-corrected chi connectivity index (χ4v) is 5.12. The molecule has 6 heteroatoms. The second-order valence-electron chi connectivity index (χ2n) is 6.57. The lowest BCUT2D eigenvalue weighted by molar-refractivity contribution is 0.190. The maximum absolute atomic E-state index is 12.5. The summed E-state index contributed by atoms with van der Waals surface area (Å²) in [6, 6.07) is 7.26. The quantitative estimate of drug-likeness (QED) is 0.843. The van der Waals surface area contributed by atoms with Gasteiger partial charge in [-0.2, -0.15) is 0 Å². The molecule has 0 radical (unpaired) electrons. The van der Waals surface area contributed by atoms with Crippen LogP contribution in [0.3, 0.4) is 0 Å². The van der Waals surface area contributed by atoms with Crippen LogP contribution >= 0.6 is 0 Å². The van der Waals surface area contributed by atoms with Crippen molar-refractivity contribution in [2.45, 2.75) is 63.3 Å². The Hall–Kier alpha value is -1.56. The molecule has 0 saturated heterocycles. The van der Waals surface area contributed by atoms with Crippen LogP contribution < -0.4 is 4.72 Å². The van der Waals surface area contributed by atoms with E-state index in [1.54, 1.807) is 4.90 Å². The summed E-state index contributed by atoms with van der Waals surface area (Å²) in [5, 5.41) is -0.436. The van der Waals surface area contributed by atoms with E-state index in [1.807, 2.05) is 31.2 Å². The molecule has 3 rings (SSSR count). The van der Waals surface area contributed by atoms with E-state index in [4.69, 9.17) is 0 Å². The molecule has 1 N–H and O–H groups in total. The molecule has 1 heterocycles. The number of sulfonamides is 1. The molecule has 1 aromatic rings. The topological polar surface area (TPSA) is 66.5 Å². The number of amides is 2. The molecule has 1 aliphatic carbocycles. The monoisotopic (exact) mass is 336 g/mol. The van der Waals surface area contributed by atoms with Crippen molar-refractivity contribution in [2.75, 3.05) is 0 Å². The Morgan fingerprint density at radius 1 is 1.13 bits per heavy atom. The zero-order valence-electron chi connectivity index (χ0n) is 13.5. The van der Waals surface area contributed by atoms with E-state index < -0.39 is 21.3 Å². The minimum Gasteiger partial charge on any atom is -0.313 e. The molecule has 5 nitrogen and oxygen atoms in total. The number of carbonyl (C=O) groups is 1. The van der Waals surface area contributed by atoms with Crippen LogP contribution in [0.2, 0.25) is 0 Å². The number of rotatable bonds is 2. The van der Waals surface area contributed by atoms with Crippen molar-refractivity contribution in [3.63, 3.8) is 0 Å². The molecule has 1 unspecified atom stereocenters. The third-order valence-electron chi connectivity index (χ3n) is 5.04. The molecule has 1 atom stereocenters. The Morgan fingerprint density at radius 3 is 2.43 bits per heavy atom. The average Bonchev–Trinajstić information content (AvgIpc) is 2.71. The summed E-state index contributed by atoms with van der Waals surface area (Å²) in [5.41, 5.74) is 2.18. The summed E-state index contributed by atoms with van der Waals surface area (Å²) in [4.78, 5) is 14.1. The van der Waals surface area contributed by atoms with Gasteiger partial charge in [0.2, 0.25) is 10.0 Å². The standard InChI is InChI=1S/C17H24N2O3S/c1-13-16-11-7-6-8-14(16)12-19(13)17(20)18-23(21,22)15-9-4-2-3-5-10-15/h6-8,11,13,15H,2-5,9-10,12H2,1H3,(H,18,20). The van der Waals surface area contributed by atoms with Crippen LogP contribution in [0.15, 0.2) is 24.3 Å². The maximum atomic E-state index is 12.5. The van der Waals surface area contributed by atoms with Crippen LogP contribution in [0.4, 0.5) is 4.79 Å². The summed E-state index contributed by atoms with van der Waals surface area (Å²) in [6.07, 6.45) is 5.31. The van der Waals surface area contributed by atoms with E-state index >= 15 is 0 Å². The van der Waals surface area contributed by atoms with Crippen LogP contribution in [0.1, 0.15) is 62.6 Å². The molecule has 126 valence electrons. The van der Waals surface area contributed by atoms with Crippen molar-refractivity contribution < 1.29 is 13.2 Å². The molecule has 1 saturated carbocycles. The van der Waals surface area contributed by atoms with Gasteiger partial charge in [-0.05, 0) is 30.9 Å². The van der Waals surface area contributed by atoms with Crippen LogP contribution in [0, 0.1) is 0 Å². The minimum absolute atomic E-state index is 0.101. The number of carbonyl (C=O) groups excluding carboxylic acids is 1. The summed E-state index contributed by atoms with van der Waals surface area (Å²) < 4.78 is 27.4. The van der Waals surface area contributed by atoms with Gasteiger partial charge in [0, 0.05) is 6.54 Å². The highest BCUT2D eigenvalue weighted by Gasteiger charge is 2.34. The summed E-state index contributed by atoms with van der Waals surface area (Å²) >= 11 is 0. The third-order valence-corrected chi connectivity index (χ3v) is 6.85. The third kappa shape index (κ3) is 3.37. The molecule has 0 bridgehead atoms. The fraction of sp³-hybridized carbons (Fsp3) is 0.588. The average molecular weight is 336 g/mol. The van der Waals surface area contributed by atoms with Crippen molar-refractivity contribution in [3.05, 3.63) is 35.4 Å². The highest BCUT2D eigenvalue weighted by Crippen LogP contribution is 2.33. The van der Waals surface area contributed by atoms with Crippen molar-refractivity contribution in [3.8, 4) is 0 Å². The number of nitrogens with zero attached hydrogens (tertiary/aromatic N) is 1. The fourth-order valence-electron chi connectivity index (χ4n) is 3.64. The highest BCUT2D eigenvalue weighted by molar-refractivity contribution is 7.90. The van der Waals surface area contributed by atoms with Gasteiger partial charge in [0.1, 0.15) is 0 Å².